The van der Waals surface area contributed by atoms with Crippen molar-refractivity contribution in [2.24, 2.45) is 23.7 Å². The van der Waals surface area contributed by atoms with E-state index in [1.54, 1.807) is 22.3 Å². The van der Waals surface area contributed by atoms with Crippen molar-refractivity contribution in [2.45, 2.75) is 87.0 Å². The number of fused-ring (bicyclic) bond motifs is 14. The lowest BCUT2D eigenvalue weighted by Gasteiger charge is -2.69. The van der Waals surface area contributed by atoms with Crippen molar-refractivity contribution >= 4 is 11.4 Å². The van der Waals surface area contributed by atoms with Crippen molar-refractivity contribution in [1.29, 1.82) is 0 Å². The molecule has 0 N–H and O–H groups in total. The average molecular weight is 571 g/mol. The van der Waals surface area contributed by atoms with Crippen LogP contribution < -0.4 is 9.80 Å². The highest BCUT2D eigenvalue weighted by atomic mass is 16.5. The molecule has 6 bridgehead atoms. The summed E-state index contributed by atoms with van der Waals surface area (Å²) in [5, 5.41) is 0. The van der Waals surface area contributed by atoms with Gasteiger partial charge in [-0.25, -0.2) is 0 Å². The van der Waals surface area contributed by atoms with Crippen molar-refractivity contribution in [3.63, 3.8) is 0 Å². The molecule has 10 aliphatic rings. The topological polar surface area (TPSA) is 22.2 Å². The van der Waals surface area contributed by atoms with Gasteiger partial charge in [-0.15, -0.1) is 0 Å². The van der Waals surface area contributed by atoms with E-state index in [0.717, 1.165) is 13.1 Å². The van der Waals surface area contributed by atoms with Crippen LogP contribution in [-0.2, 0) is 15.6 Å². The minimum Gasteiger partial charge on any atom is -0.341 e. The Labute approximate surface area is 255 Å². The van der Waals surface area contributed by atoms with Crippen molar-refractivity contribution in [2.75, 3.05) is 36.0 Å². The van der Waals surface area contributed by atoms with Crippen LogP contribution in [0.15, 0.2) is 71.8 Å². The molecule has 8 aliphatic heterocycles. The third-order valence-electron chi connectivity index (χ3n) is 15.3. The summed E-state index contributed by atoms with van der Waals surface area (Å²) in [6.45, 7) is 9.41. The molecular weight excluding hydrogens is 528 g/mol. The standard InChI is InChI=1S/C38H42N4O/c1-3-21-19-39-15-13-37-25-9-5-7-11-27(25)41-33(37)31(23(21)17-29(37)39)35-42-28-12-8-6-10-26(28)38-14-16-40-20-22(4-2)24(18-30(38)40)32(34(38)42)36(41)43-35/h3-12,23-24,29-36H,13-20H2,1-2H3/t23-,24-,29-,30-,31-,32-,33-,34-,35-,36-,37+,38+/m0/s1. The van der Waals surface area contributed by atoms with Gasteiger partial charge in [0, 0.05) is 59.2 Å². The number of para-hydroxylation sites is 2. The molecule has 0 unspecified atom stereocenters. The van der Waals surface area contributed by atoms with Crippen LogP contribution in [0.1, 0.15) is 50.7 Å². The van der Waals surface area contributed by atoms with Gasteiger partial charge < -0.3 is 14.5 Å². The first-order valence-corrected chi connectivity index (χ1v) is 17.4. The van der Waals surface area contributed by atoms with Gasteiger partial charge in [0.05, 0.1) is 12.1 Å². The Morgan fingerprint density at radius 1 is 0.674 bits per heavy atom. The van der Waals surface area contributed by atoms with E-state index in [2.05, 4.69) is 94.1 Å². The highest BCUT2D eigenvalue weighted by molar-refractivity contribution is 5.73. The number of allylic oxidation sites excluding steroid dienone is 2. The van der Waals surface area contributed by atoms with Crippen molar-refractivity contribution in [3.05, 3.63) is 83.0 Å². The molecule has 2 spiro atoms. The minimum absolute atomic E-state index is 0.147. The molecule has 2 saturated carbocycles. The number of nitrogens with zero attached hydrogens (tertiary/aromatic N) is 4. The first-order chi connectivity index (χ1) is 21.2. The summed E-state index contributed by atoms with van der Waals surface area (Å²) in [6, 6.07) is 21.7. The molecule has 43 heavy (non-hydrogen) atoms. The Bertz CT molecular complexity index is 1560. The molecular formula is C38H42N4O. The van der Waals surface area contributed by atoms with Crippen LogP contribution in [0.4, 0.5) is 11.4 Å². The summed E-state index contributed by atoms with van der Waals surface area (Å²) >= 11 is 0. The third-order valence-corrected chi connectivity index (χ3v) is 15.3. The molecule has 8 heterocycles. The Balaban J connectivity index is 1.16. The Kier molecular flexibility index (Phi) is 4.10. The molecule has 12 rings (SSSR count). The smallest absolute Gasteiger partial charge is 0.138 e. The lowest BCUT2D eigenvalue weighted by atomic mass is 9.51. The number of piperidine rings is 2. The first-order valence-electron chi connectivity index (χ1n) is 17.4. The summed E-state index contributed by atoms with van der Waals surface area (Å²) in [5.74, 6) is 2.16. The maximum absolute atomic E-state index is 7.78. The van der Waals surface area contributed by atoms with Gasteiger partial charge in [0.1, 0.15) is 12.5 Å². The number of ether oxygens (including phenoxy) is 1. The highest BCUT2D eigenvalue weighted by Crippen LogP contribution is 2.72. The lowest BCUT2D eigenvalue weighted by molar-refractivity contribution is -0.198. The summed E-state index contributed by atoms with van der Waals surface area (Å²) in [5.41, 5.74) is 10.2. The molecule has 0 aromatic heterocycles. The van der Waals surface area contributed by atoms with Crippen molar-refractivity contribution in [1.82, 2.24) is 9.80 Å². The molecule has 2 aromatic rings. The van der Waals surface area contributed by atoms with Crippen LogP contribution in [0.2, 0.25) is 0 Å². The number of hydrogen-bond donors (Lipinski definition) is 0. The monoisotopic (exact) mass is 570 g/mol. The fourth-order valence-electron chi connectivity index (χ4n) is 14.2. The predicted octanol–water partition coefficient (Wildman–Crippen LogP) is 5.28. The van der Waals surface area contributed by atoms with Crippen molar-refractivity contribution < 1.29 is 4.74 Å². The van der Waals surface area contributed by atoms with Crippen LogP contribution in [0.5, 0.6) is 0 Å². The Hall–Kier alpha value is -2.60. The van der Waals surface area contributed by atoms with Gasteiger partial charge in [0.2, 0.25) is 0 Å². The second-order valence-electron chi connectivity index (χ2n) is 15.8. The Morgan fingerprint density at radius 2 is 1.14 bits per heavy atom. The maximum Gasteiger partial charge on any atom is 0.138 e. The number of anilines is 2. The summed E-state index contributed by atoms with van der Waals surface area (Å²) in [6.07, 6.45) is 10.5. The lowest BCUT2D eigenvalue weighted by Crippen LogP contribution is -2.81. The third kappa shape index (κ3) is 2.28. The fraction of sp³-hybridized carbons (Fsp3) is 0.579. The van der Waals surface area contributed by atoms with Crippen LogP contribution in [0.25, 0.3) is 0 Å². The van der Waals surface area contributed by atoms with Gasteiger partial charge in [-0.3, -0.25) is 9.80 Å². The maximum atomic E-state index is 7.78. The van der Waals surface area contributed by atoms with E-state index in [-0.39, 0.29) is 23.3 Å². The van der Waals surface area contributed by atoms with Gasteiger partial charge in [0.15, 0.2) is 0 Å². The molecule has 12 atom stereocenters. The molecule has 8 fully saturated rings. The van der Waals surface area contributed by atoms with Crippen LogP contribution in [-0.4, -0.2) is 72.6 Å². The van der Waals surface area contributed by atoms with E-state index in [1.165, 1.54) is 50.1 Å². The molecule has 5 heteroatoms. The van der Waals surface area contributed by atoms with E-state index < -0.39 is 0 Å². The summed E-state index contributed by atoms with van der Waals surface area (Å²) < 4.78 is 7.78. The zero-order valence-electron chi connectivity index (χ0n) is 25.4. The normalized spacial score (nSPS) is 50.7. The van der Waals surface area contributed by atoms with E-state index in [9.17, 15) is 0 Å². The van der Waals surface area contributed by atoms with Gasteiger partial charge in [-0.05, 0) is 87.7 Å². The van der Waals surface area contributed by atoms with E-state index in [0.29, 0.717) is 47.8 Å². The number of hydrogen-bond acceptors (Lipinski definition) is 5. The second kappa shape index (κ2) is 7.43. The zero-order valence-corrected chi connectivity index (χ0v) is 25.4. The quantitative estimate of drug-likeness (QED) is 0.401. The molecule has 5 nitrogen and oxygen atoms in total. The van der Waals surface area contributed by atoms with Gasteiger partial charge in [-0.2, -0.15) is 0 Å². The van der Waals surface area contributed by atoms with E-state index >= 15 is 0 Å². The molecule has 2 aromatic carbocycles. The minimum atomic E-state index is 0.147. The zero-order chi connectivity index (χ0) is 28.0. The van der Waals surface area contributed by atoms with Crippen molar-refractivity contribution in [3.8, 4) is 0 Å². The SMILES string of the molecule is CC=C1CN2CC[C@]34c5ccccc5N5[C@H]3[C@H]([C@H]1C[C@H]24)[C@@H]1O[C@H]5[C@@H]2[C@@H]3N1c1ccccc1[C@@]31CCN3CC(=CC)[C@@H]2C[C@H]31. The van der Waals surface area contributed by atoms with Gasteiger partial charge in [0.25, 0.3) is 0 Å². The first kappa shape index (κ1) is 23.7. The van der Waals surface area contributed by atoms with Crippen LogP contribution in [0.3, 0.4) is 0 Å². The molecule has 2 aliphatic carbocycles. The summed E-state index contributed by atoms with van der Waals surface area (Å²) in [4.78, 5) is 11.7. The molecule has 220 valence electrons. The number of rotatable bonds is 0. The van der Waals surface area contributed by atoms with E-state index in [1.807, 2.05) is 0 Å². The predicted molar refractivity (Wildman–Crippen MR) is 168 cm³/mol. The molecule has 0 amide bonds. The van der Waals surface area contributed by atoms with Crippen LogP contribution >= 0.6 is 0 Å². The van der Waals surface area contributed by atoms with E-state index in [4.69, 9.17) is 4.74 Å². The number of benzene rings is 2. The van der Waals surface area contributed by atoms with Gasteiger partial charge >= 0.3 is 0 Å². The summed E-state index contributed by atoms with van der Waals surface area (Å²) in [7, 11) is 0. The fourth-order valence-corrected chi connectivity index (χ4v) is 14.2. The Morgan fingerprint density at radius 3 is 1.60 bits per heavy atom. The average Bonchev–Trinajstić information content (AvgIpc) is 3.80. The largest absolute Gasteiger partial charge is 0.341 e. The molecule has 0 radical (unpaired) electrons. The molecule has 6 saturated heterocycles. The van der Waals surface area contributed by atoms with Gasteiger partial charge in [-0.1, -0.05) is 59.7 Å². The second-order valence-corrected chi connectivity index (χ2v) is 15.8. The van der Waals surface area contributed by atoms with Crippen LogP contribution in [0, 0.1) is 23.7 Å². The highest BCUT2D eigenvalue weighted by Gasteiger charge is 2.78.